The zero-order valence-corrected chi connectivity index (χ0v) is 18.9. The highest BCUT2D eigenvalue weighted by molar-refractivity contribution is 6.08. The first-order valence-electron chi connectivity index (χ1n) is 12.2. The summed E-state index contributed by atoms with van der Waals surface area (Å²) in [5.41, 5.74) is 5.52. The molecule has 1 aromatic carbocycles. The summed E-state index contributed by atoms with van der Waals surface area (Å²) in [6.07, 6.45) is 7.83. The van der Waals surface area contributed by atoms with Crippen LogP contribution in [0.4, 0.5) is 0 Å². The summed E-state index contributed by atoms with van der Waals surface area (Å²) in [5.74, 6) is 0.972. The minimum Gasteiger partial charge on any atom is -0.379 e. The van der Waals surface area contributed by atoms with Crippen LogP contribution in [0.2, 0.25) is 0 Å². The number of fused-ring (bicyclic) bond motifs is 2. The molecule has 5 nitrogen and oxygen atoms in total. The quantitative estimate of drug-likeness (QED) is 0.749. The Balaban J connectivity index is 1.31. The lowest BCUT2D eigenvalue weighted by Gasteiger charge is -2.35. The van der Waals surface area contributed by atoms with Gasteiger partial charge in [0.25, 0.3) is 5.91 Å². The van der Waals surface area contributed by atoms with Crippen molar-refractivity contribution in [2.24, 2.45) is 5.92 Å². The predicted molar refractivity (Wildman–Crippen MR) is 124 cm³/mol. The highest BCUT2D eigenvalue weighted by Crippen LogP contribution is 2.32. The number of nitrogens with zero attached hydrogens (tertiary/aromatic N) is 3. The molecular weight excluding hydrogens is 386 g/mol. The van der Waals surface area contributed by atoms with Crippen LogP contribution < -0.4 is 0 Å². The minimum atomic E-state index is 0.239. The van der Waals surface area contributed by atoms with Gasteiger partial charge in [-0.15, -0.1) is 0 Å². The number of ether oxygens (including phenoxy) is 1. The van der Waals surface area contributed by atoms with Crippen molar-refractivity contribution in [3.63, 3.8) is 0 Å². The third kappa shape index (κ3) is 4.49. The highest BCUT2D eigenvalue weighted by Gasteiger charge is 2.29. The van der Waals surface area contributed by atoms with Gasteiger partial charge in [0.15, 0.2) is 0 Å². The van der Waals surface area contributed by atoms with Crippen LogP contribution in [0.25, 0.3) is 10.9 Å². The second kappa shape index (κ2) is 9.25. The number of pyridine rings is 1. The molecule has 0 N–H and O–H groups in total. The first-order valence-corrected chi connectivity index (χ1v) is 12.2. The average molecular weight is 422 g/mol. The lowest BCUT2D eigenvalue weighted by Crippen LogP contribution is -2.41. The van der Waals surface area contributed by atoms with E-state index in [9.17, 15) is 4.79 Å². The van der Waals surface area contributed by atoms with Gasteiger partial charge in [-0.1, -0.05) is 11.6 Å². The number of amides is 1. The Bertz CT molecular complexity index is 943. The Labute approximate surface area is 185 Å². The van der Waals surface area contributed by atoms with Crippen molar-refractivity contribution in [2.75, 3.05) is 45.9 Å². The van der Waals surface area contributed by atoms with Crippen LogP contribution >= 0.6 is 0 Å². The third-order valence-electron chi connectivity index (χ3n) is 7.49. The molecule has 0 atom stereocenters. The summed E-state index contributed by atoms with van der Waals surface area (Å²) in [7, 11) is 0. The molecule has 31 heavy (non-hydrogen) atoms. The number of carbonyl (C=O) groups excluding carboxylic acids is 1. The van der Waals surface area contributed by atoms with Crippen molar-refractivity contribution in [3.8, 4) is 0 Å². The van der Waals surface area contributed by atoms with Crippen molar-refractivity contribution >= 4 is 16.8 Å². The van der Waals surface area contributed by atoms with E-state index in [2.05, 4.69) is 34.9 Å². The van der Waals surface area contributed by atoms with Crippen LogP contribution in [-0.4, -0.2) is 66.6 Å². The molecule has 2 aromatic rings. The lowest BCUT2D eigenvalue weighted by atomic mass is 9.88. The van der Waals surface area contributed by atoms with E-state index in [0.717, 1.165) is 99.6 Å². The maximum absolute atomic E-state index is 13.8. The average Bonchev–Trinajstić information content (AvgIpc) is 2.82. The number of likely N-dealkylation sites (tertiary alicyclic amines) is 1. The molecule has 3 aliphatic rings. The monoisotopic (exact) mass is 421 g/mol. The smallest absolute Gasteiger partial charge is 0.254 e. The van der Waals surface area contributed by atoms with Crippen LogP contribution in [0.15, 0.2) is 18.2 Å². The SMILES string of the molecule is Cc1ccc2nc3c(c(C(=O)N4CCC(CCN5CCOCC5)CC4)c2c1)CCCC3. The van der Waals surface area contributed by atoms with E-state index in [1.54, 1.807) is 0 Å². The second-order valence-corrected chi connectivity index (χ2v) is 9.62. The molecule has 0 spiro atoms. The number of benzene rings is 1. The maximum atomic E-state index is 13.8. The van der Waals surface area contributed by atoms with E-state index in [0.29, 0.717) is 0 Å². The van der Waals surface area contributed by atoms with Crippen LogP contribution in [0.3, 0.4) is 0 Å². The van der Waals surface area contributed by atoms with Crippen LogP contribution in [0, 0.1) is 12.8 Å². The van der Waals surface area contributed by atoms with E-state index in [1.807, 2.05) is 0 Å². The molecule has 1 aromatic heterocycles. The molecule has 5 rings (SSSR count). The molecule has 2 fully saturated rings. The van der Waals surface area contributed by atoms with E-state index in [1.165, 1.54) is 30.5 Å². The van der Waals surface area contributed by atoms with Crippen LogP contribution in [0.5, 0.6) is 0 Å². The largest absolute Gasteiger partial charge is 0.379 e. The summed E-state index contributed by atoms with van der Waals surface area (Å²) in [6.45, 7) is 8.92. The number of morpholine rings is 1. The van der Waals surface area contributed by atoms with Gasteiger partial charge in [-0.2, -0.15) is 0 Å². The van der Waals surface area contributed by atoms with E-state index in [4.69, 9.17) is 9.72 Å². The van der Waals surface area contributed by atoms with Gasteiger partial charge in [0.2, 0.25) is 0 Å². The van der Waals surface area contributed by atoms with E-state index < -0.39 is 0 Å². The maximum Gasteiger partial charge on any atom is 0.254 e. The number of aromatic nitrogens is 1. The lowest BCUT2D eigenvalue weighted by molar-refractivity contribution is 0.0332. The first kappa shape index (κ1) is 20.9. The standard InChI is InChI=1S/C26H35N3O2/c1-19-6-7-24-22(18-19)25(21-4-2-3-5-23(21)27-24)26(30)29-12-9-20(10-13-29)8-11-28-14-16-31-17-15-28/h6-7,18,20H,2-5,8-17H2,1H3. The number of rotatable bonds is 4. The molecule has 2 aliphatic heterocycles. The molecule has 0 radical (unpaired) electrons. The number of aryl methyl sites for hydroxylation is 2. The van der Waals surface area contributed by atoms with Gasteiger partial charge < -0.3 is 9.64 Å². The second-order valence-electron chi connectivity index (χ2n) is 9.62. The Hall–Kier alpha value is -1.98. The van der Waals surface area contributed by atoms with Crippen molar-refractivity contribution in [1.29, 1.82) is 0 Å². The predicted octanol–water partition coefficient (Wildman–Crippen LogP) is 4.00. The van der Waals surface area contributed by atoms with Crippen molar-refractivity contribution in [1.82, 2.24) is 14.8 Å². The van der Waals surface area contributed by atoms with Crippen molar-refractivity contribution in [3.05, 3.63) is 40.6 Å². The number of carbonyl (C=O) groups is 1. The van der Waals surface area contributed by atoms with Gasteiger partial charge in [-0.05, 0) is 82.0 Å². The highest BCUT2D eigenvalue weighted by atomic mass is 16.5. The zero-order valence-electron chi connectivity index (χ0n) is 18.9. The molecule has 1 amide bonds. The third-order valence-corrected chi connectivity index (χ3v) is 7.49. The van der Waals surface area contributed by atoms with Crippen LogP contribution in [0.1, 0.15) is 59.3 Å². The zero-order chi connectivity index (χ0) is 21.2. The van der Waals surface area contributed by atoms with Crippen LogP contribution in [-0.2, 0) is 17.6 Å². The van der Waals surface area contributed by atoms with Gasteiger partial charge in [0.1, 0.15) is 0 Å². The van der Waals surface area contributed by atoms with Gasteiger partial charge in [0.05, 0.1) is 24.3 Å². The number of hydrogen-bond acceptors (Lipinski definition) is 4. The fourth-order valence-corrected chi connectivity index (χ4v) is 5.55. The summed E-state index contributed by atoms with van der Waals surface area (Å²) >= 11 is 0. The Kier molecular flexibility index (Phi) is 6.24. The van der Waals surface area contributed by atoms with Gasteiger partial charge >= 0.3 is 0 Å². The van der Waals surface area contributed by atoms with Crippen molar-refractivity contribution in [2.45, 2.75) is 51.9 Å². The van der Waals surface area contributed by atoms with Crippen molar-refractivity contribution < 1.29 is 9.53 Å². The van der Waals surface area contributed by atoms with Gasteiger partial charge in [0, 0.05) is 37.3 Å². The number of piperidine rings is 1. The molecule has 166 valence electrons. The topological polar surface area (TPSA) is 45.7 Å². The van der Waals surface area contributed by atoms with E-state index in [-0.39, 0.29) is 5.91 Å². The Morgan fingerprint density at radius 1 is 1.10 bits per heavy atom. The molecule has 5 heteroatoms. The van der Waals surface area contributed by atoms with E-state index >= 15 is 0 Å². The Morgan fingerprint density at radius 2 is 1.87 bits per heavy atom. The molecular formula is C26H35N3O2. The number of hydrogen-bond donors (Lipinski definition) is 0. The molecule has 0 saturated carbocycles. The fraction of sp³-hybridized carbons (Fsp3) is 0.615. The summed E-state index contributed by atoms with van der Waals surface area (Å²) < 4.78 is 5.46. The molecule has 0 unspecified atom stereocenters. The molecule has 2 saturated heterocycles. The molecule has 0 bridgehead atoms. The molecule has 3 heterocycles. The summed E-state index contributed by atoms with van der Waals surface area (Å²) in [5, 5.41) is 1.06. The normalized spacial score (nSPS) is 20.7. The van der Waals surface area contributed by atoms with Gasteiger partial charge in [-0.25, -0.2) is 0 Å². The van der Waals surface area contributed by atoms with Gasteiger partial charge in [-0.3, -0.25) is 14.7 Å². The Morgan fingerprint density at radius 3 is 2.68 bits per heavy atom. The summed E-state index contributed by atoms with van der Waals surface area (Å²) in [6, 6.07) is 6.37. The summed E-state index contributed by atoms with van der Waals surface area (Å²) in [4.78, 5) is 23.4. The first-order chi connectivity index (χ1) is 15.2. The fourth-order valence-electron chi connectivity index (χ4n) is 5.55. The minimum absolute atomic E-state index is 0.239. The molecule has 1 aliphatic carbocycles.